The Hall–Kier alpha value is -1.13. The first-order valence-electron chi connectivity index (χ1n) is 10.6. The minimum atomic E-state index is -1.06. The van der Waals surface area contributed by atoms with Gasteiger partial charge < -0.3 is 30.4 Å². The zero-order valence-electron chi connectivity index (χ0n) is 17.0. The molecule has 8 nitrogen and oxygen atoms in total. The van der Waals surface area contributed by atoms with Crippen LogP contribution in [0, 0.1) is 11.8 Å². The Labute approximate surface area is 175 Å². The fraction of sp³-hybridized carbons (Fsp3) is 0.800. The summed E-state index contributed by atoms with van der Waals surface area (Å²) < 4.78 is 0. The molecule has 3 saturated heterocycles. The van der Waals surface area contributed by atoms with Crippen molar-refractivity contribution in [2.45, 2.75) is 62.7 Å². The number of nitrogens with one attached hydrogen (secondary N) is 1. The van der Waals surface area contributed by atoms with E-state index < -0.39 is 18.0 Å². The second kappa shape index (κ2) is 8.19. The number of hydrogen-bond donors (Lipinski definition) is 4. The molecule has 0 saturated carbocycles. The molecule has 3 fully saturated rings. The molecule has 4 N–H and O–H groups in total. The maximum atomic E-state index is 12.4. The number of likely N-dealkylation sites (tertiary alicyclic amines) is 1. The number of thioether (sulfide) groups is 1. The van der Waals surface area contributed by atoms with Gasteiger partial charge in [-0.2, -0.15) is 0 Å². The standard InChI is InChI=1S/C20H31N3O5S/c1-10-16-15(11(2)24)19(26)23(16)17(20(27)28)18(10)29-14-7-12(21-8-14)9-22-5-3-13(25)4-6-22/h10-16,21,24-25H,3-9H2,1-2H3,(H,27,28)/t10-,11-,12?,14+,15?,16?/m1/s1. The molecule has 4 aliphatic rings. The summed E-state index contributed by atoms with van der Waals surface area (Å²) in [6.07, 6.45) is 1.66. The zero-order chi connectivity index (χ0) is 20.9. The van der Waals surface area contributed by atoms with E-state index in [0.717, 1.165) is 50.3 Å². The van der Waals surface area contributed by atoms with Gasteiger partial charge >= 0.3 is 5.97 Å². The molecule has 0 radical (unpaired) electrons. The number of hydrogen-bond acceptors (Lipinski definition) is 7. The van der Waals surface area contributed by atoms with E-state index in [1.165, 1.54) is 4.90 Å². The predicted molar refractivity (Wildman–Crippen MR) is 109 cm³/mol. The highest BCUT2D eigenvalue weighted by Gasteiger charge is 2.60. The Morgan fingerprint density at radius 1 is 1.34 bits per heavy atom. The van der Waals surface area contributed by atoms with Gasteiger partial charge in [-0.25, -0.2) is 4.79 Å². The lowest BCUT2D eigenvalue weighted by Crippen LogP contribution is -2.63. The molecule has 29 heavy (non-hydrogen) atoms. The van der Waals surface area contributed by atoms with Crippen molar-refractivity contribution in [2.24, 2.45) is 11.8 Å². The monoisotopic (exact) mass is 425 g/mol. The Balaban J connectivity index is 1.40. The molecule has 9 heteroatoms. The molecular weight excluding hydrogens is 394 g/mol. The molecular formula is C20H31N3O5S. The van der Waals surface area contributed by atoms with Crippen LogP contribution in [0.3, 0.4) is 0 Å². The van der Waals surface area contributed by atoms with Crippen molar-refractivity contribution in [1.29, 1.82) is 0 Å². The Morgan fingerprint density at radius 2 is 2.03 bits per heavy atom. The number of aliphatic carboxylic acids is 1. The quantitative estimate of drug-likeness (QED) is 0.442. The third-order valence-electron chi connectivity index (χ3n) is 6.82. The largest absolute Gasteiger partial charge is 0.477 e. The number of carboxylic acid groups (broad SMARTS) is 1. The number of fused-ring (bicyclic) bond motifs is 1. The third-order valence-corrected chi connectivity index (χ3v) is 8.33. The maximum Gasteiger partial charge on any atom is 0.353 e. The van der Waals surface area contributed by atoms with Gasteiger partial charge in [-0.15, -0.1) is 11.8 Å². The van der Waals surface area contributed by atoms with Crippen molar-refractivity contribution in [3.05, 3.63) is 10.6 Å². The lowest BCUT2D eigenvalue weighted by atomic mass is 9.79. The average molecular weight is 426 g/mol. The number of carbonyl (C=O) groups excluding carboxylic acids is 1. The van der Waals surface area contributed by atoms with Crippen LogP contribution in [0.5, 0.6) is 0 Å². The number of aliphatic hydroxyl groups is 2. The number of rotatable bonds is 6. The predicted octanol–water partition coefficient (Wildman–Crippen LogP) is 0.0605. The topological polar surface area (TPSA) is 113 Å². The summed E-state index contributed by atoms with van der Waals surface area (Å²) in [4.78, 5) is 28.9. The lowest BCUT2D eigenvalue weighted by Gasteiger charge is -2.46. The molecule has 6 atom stereocenters. The molecule has 3 unspecified atom stereocenters. The minimum absolute atomic E-state index is 0.0777. The Morgan fingerprint density at radius 3 is 2.66 bits per heavy atom. The van der Waals surface area contributed by atoms with Gasteiger partial charge in [-0.3, -0.25) is 4.79 Å². The number of carboxylic acids is 1. The van der Waals surface area contributed by atoms with E-state index >= 15 is 0 Å². The highest BCUT2D eigenvalue weighted by Crippen LogP contribution is 2.51. The Kier molecular flexibility index (Phi) is 5.96. The van der Waals surface area contributed by atoms with Crippen LogP contribution in [0.25, 0.3) is 0 Å². The van der Waals surface area contributed by atoms with Crippen LogP contribution in [-0.4, -0.2) is 92.7 Å². The van der Waals surface area contributed by atoms with Crippen molar-refractivity contribution in [1.82, 2.24) is 15.1 Å². The summed E-state index contributed by atoms with van der Waals surface area (Å²) in [6.45, 7) is 7.17. The molecule has 0 aromatic heterocycles. The van der Waals surface area contributed by atoms with Gasteiger partial charge in [0.25, 0.3) is 0 Å². The van der Waals surface area contributed by atoms with Crippen LogP contribution >= 0.6 is 11.8 Å². The van der Waals surface area contributed by atoms with Crippen molar-refractivity contribution >= 4 is 23.6 Å². The van der Waals surface area contributed by atoms with E-state index in [9.17, 15) is 24.9 Å². The normalized spacial score (nSPS) is 37.0. The van der Waals surface area contributed by atoms with Gasteiger partial charge in [-0.05, 0) is 26.2 Å². The van der Waals surface area contributed by atoms with Gasteiger partial charge in [0.2, 0.25) is 5.91 Å². The summed E-state index contributed by atoms with van der Waals surface area (Å²) in [5.74, 6) is -1.93. The molecule has 0 spiro atoms. The smallest absolute Gasteiger partial charge is 0.353 e. The first-order valence-corrected chi connectivity index (χ1v) is 11.4. The summed E-state index contributed by atoms with van der Waals surface area (Å²) >= 11 is 1.59. The van der Waals surface area contributed by atoms with Crippen LogP contribution in [0.2, 0.25) is 0 Å². The van der Waals surface area contributed by atoms with Crippen molar-refractivity contribution in [2.75, 3.05) is 26.2 Å². The highest BCUT2D eigenvalue weighted by atomic mass is 32.2. The van der Waals surface area contributed by atoms with E-state index in [2.05, 4.69) is 10.2 Å². The first kappa shape index (κ1) is 21.1. The number of β-lactam (4-membered cyclic amide) rings is 1. The van der Waals surface area contributed by atoms with Crippen LogP contribution < -0.4 is 5.32 Å². The van der Waals surface area contributed by atoms with Gasteiger partial charge in [0.15, 0.2) is 0 Å². The van der Waals surface area contributed by atoms with E-state index in [1.54, 1.807) is 18.7 Å². The van der Waals surface area contributed by atoms with E-state index in [1.807, 2.05) is 6.92 Å². The van der Waals surface area contributed by atoms with E-state index in [0.29, 0.717) is 6.04 Å². The van der Waals surface area contributed by atoms with Gasteiger partial charge in [-0.1, -0.05) is 6.92 Å². The molecule has 0 aliphatic carbocycles. The van der Waals surface area contributed by atoms with E-state index in [-0.39, 0.29) is 34.9 Å². The van der Waals surface area contributed by atoms with Crippen molar-refractivity contribution in [3.63, 3.8) is 0 Å². The number of aliphatic hydroxyl groups excluding tert-OH is 2. The Bertz CT molecular complexity index is 706. The molecule has 4 heterocycles. The fourth-order valence-electron chi connectivity index (χ4n) is 5.28. The molecule has 0 aromatic rings. The van der Waals surface area contributed by atoms with Crippen LogP contribution in [0.15, 0.2) is 10.6 Å². The first-order chi connectivity index (χ1) is 13.8. The second-order valence-electron chi connectivity index (χ2n) is 8.88. The molecule has 0 bridgehead atoms. The van der Waals surface area contributed by atoms with Crippen LogP contribution in [-0.2, 0) is 9.59 Å². The summed E-state index contributed by atoms with van der Waals surface area (Å²) in [5.41, 5.74) is 0.114. The number of nitrogens with zero attached hydrogens (tertiary/aromatic N) is 2. The zero-order valence-corrected chi connectivity index (χ0v) is 17.8. The number of carbonyl (C=O) groups is 2. The van der Waals surface area contributed by atoms with Gasteiger partial charge in [0.1, 0.15) is 5.70 Å². The van der Waals surface area contributed by atoms with Crippen LogP contribution in [0.1, 0.15) is 33.1 Å². The van der Waals surface area contributed by atoms with Gasteiger partial charge in [0.05, 0.1) is 24.2 Å². The molecule has 162 valence electrons. The third kappa shape index (κ3) is 3.83. The lowest BCUT2D eigenvalue weighted by molar-refractivity contribution is -0.163. The summed E-state index contributed by atoms with van der Waals surface area (Å²) in [6, 6.07) is 0.109. The second-order valence-corrected chi connectivity index (χ2v) is 10.2. The highest BCUT2D eigenvalue weighted by molar-refractivity contribution is 8.03. The van der Waals surface area contributed by atoms with Crippen molar-refractivity contribution < 1.29 is 24.9 Å². The summed E-state index contributed by atoms with van der Waals surface area (Å²) in [5, 5.41) is 33.2. The molecule has 4 rings (SSSR count). The number of amides is 1. The van der Waals surface area contributed by atoms with E-state index in [4.69, 9.17) is 0 Å². The SMILES string of the molecule is C[C@@H](O)C1C(=O)N2C(C(=O)O)=C(S[C@@H]3CNC(CN4CCC(O)CC4)C3)[C@H](C)C12. The van der Waals surface area contributed by atoms with Crippen molar-refractivity contribution in [3.8, 4) is 0 Å². The van der Waals surface area contributed by atoms with Gasteiger partial charge in [0, 0.05) is 48.3 Å². The average Bonchev–Trinajstić information content (AvgIpc) is 3.18. The molecule has 0 aromatic carbocycles. The fourth-order valence-corrected chi connectivity index (χ4v) is 6.80. The number of piperidine rings is 1. The maximum absolute atomic E-state index is 12.4. The van der Waals surface area contributed by atoms with Crippen LogP contribution in [0.4, 0.5) is 0 Å². The molecule has 1 amide bonds. The summed E-state index contributed by atoms with van der Waals surface area (Å²) in [7, 11) is 0. The minimum Gasteiger partial charge on any atom is -0.477 e. The molecule has 4 aliphatic heterocycles.